The Kier molecular flexibility index (Phi) is 6.71. The summed E-state index contributed by atoms with van der Waals surface area (Å²) in [6, 6.07) is 0.739. The Morgan fingerprint density at radius 3 is 3.00 bits per heavy atom. The fraction of sp³-hybridized carbons (Fsp3) is 0.750. The van der Waals surface area contributed by atoms with Gasteiger partial charge in [-0.05, 0) is 39.2 Å². The molecular weight excluding hydrogens is 284 g/mol. The first-order chi connectivity index (χ1) is 10.2. The van der Waals surface area contributed by atoms with Crippen molar-refractivity contribution in [2.24, 2.45) is 0 Å². The van der Waals surface area contributed by atoms with Gasteiger partial charge in [0, 0.05) is 24.7 Å². The highest BCUT2D eigenvalue weighted by molar-refractivity contribution is 6.30. The second kappa shape index (κ2) is 8.54. The number of aromatic nitrogens is 2. The van der Waals surface area contributed by atoms with Crippen LogP contribution in [0.1, 0.15) is 51.5 Å². The summed E-state index contributed by atoms with van der Waals surface area (Å²) in [5, 5.41) is 4.01. The highest BCUT2D eigenvalue weighted by Gasteiger charge is 2.17. The molecule has 1 aromatic rings. The van der Waals surface area contributed by atoms with E-state index in [0.29, 0.717) is 5.15 Å². The second-order valence-corrected chi connectivity index (χ2v) is 6.26. The van der Waals surface area contributed by atoms with Crippen LogP contribution in [0.25, 0.3) is 0 Å². The van der Waals surface area contributed by atoms with Gasteiger partial charge in [-0.2, -0.15) is 0 Å². The fourth-order valence-corrected chi connectivity index (χ4v) is 3.22. The van der Waals surface area contributed by atoms with E-state index in [9.17, 15) is 0 Å². The monoisotopic (exact) mass is 310 g/mol. The van der Waals surface area contributed by atoms with Gasteiger partial charge in [0.2, 0.25) is 0 Å². The molecule has 0 aromatic carbocycles. The minimum Gasteiger partial charge on any atom is -0.370 e. The zero-order valence-corrected chi connectivity index (χ0v) is 14.0. The third-order valence-electron chi connectivity index (χ3n) is 4.25. The molecule has 0 radical (unpaired) electrons. The van der Waals surface area contributed by atoms with E-state index in [0.717, 1.165) is 49.8 Å². The minimum absolute atomic E-state index is 0.582. The zero-order chi connectivity index (χ0) is 15.1. The maximum absolute atomic E-state index is 6.16. The summed E-state index contributed by atoms with van der Waals surface area (Å²) in [4.78, 5) is 11.0. The molecule has 0 bridgehead atoms. The van der Waals surface area contributed by atoms with Crippen molar-refractivity contribution in [2.45, 2.75) is 58.4 Å². The molecule has 1 saturated heterocycles. The molecule has 1 atom stereocenters. The number of likely N-dealkylation sites (tertiary alicyclic amines) is 1. The van der Waals surface area contributed by atoms with Gasteiger partial charge in [0.05, 0.1) is 0 Å². The third kappa shape index (κ3) is 4.82. The number of nitrogens with zero attached hydrogens (tertiary/aromatic N) is 3. The summed E-state index contributed by atoms with van der Waals surface area (Å²) in [7, 11) is 0. The molecule has 1 aromatic heterocycles. The lowest BCUT2D eigenvalue weighted by molar-refractivity contribution is 0.160. The van der Waals surface area contributed by atoms with Crippen LogP contribution in [0.5, 0.6) is 0 Å². The first-order valence-electron chi connectivity index (χ1n) is 8.19. The van der Waals surface area contributed by atoms with Crippen LogP contribution in [0.15, 0.2) is 6.33 Å². The molecule has 0 spiro atoms. The van der Waals surface area contributed by atoms with E-state index in [1.54, 1.807) is 0 Å². The predicted octanol–water partition coefficient (Wildman–Crippen LogP) is 3.76. The molecule has 1 aliphatic rings. The van der Waals surface area contributed by atoms with Crippen LogP contribution in [-0.4, -0.2) is 40.5 Å². The van der Waals surface area contributed by atoms with Gasteiger partial charge in [0.25, 0.3) is 0 Å². The van der Waals surface area contributed by atoms with E-state index in [2.05, 4.69) is 34.0 Å². The van der Waals surface area contributed by atoms with Gasteiger partial charge < -0.3 is 10.2 Å². The van der Waals surface area contributed by atoms with Crippen molar-refractivity contribution >= 4 is 17.4 Å². The van der Waals surface area contributed by atoms with Crippen LogP contribution in [0.2, 0.25) is 5.15 Å². The standard InChI is InChI=1S/C16H27ClN4/c1-3-7-14-15(17)19-12-20-16(14)18-9-6-11-21-10-5-4-8-13(21)2/h12-13H,3-11H2,1-2H3,(H,18,19,20). The Labute approximate surface area is 133 Å². The molecule has 118 valence electrons. The molecule has 1 N–H and O–H groups in total. The third-order valence-corrected chi connectivity index (χ3v) is 4.57. The second-order valence-electron chi connectivity index (χ2n) is 5.90. The number of anilines is 1. The lowest BCUT2D eigenvalue weighted by atomic mass is 10.0. The van der Waals surface area contributed by atoms with Crippen molar-refractivity contribution in [3.63, 3.8) is 0 Å². The molecule has 2 rings (SSSR count). The summed E-state index contributed by atoms with van der Waals surface area (Å²) in [5.74, 6) is 0.906. The van der Waals surface area contributed by atoms with E-state index >= 15 is 0 Å². The van der Waals surface area contributed by atoms with Gasteiger partial charge in [-0.3, -0.25) is 0 Å². The summed E-state index contributed by atoms with van der Waals surface area (Å²) in [6.45, 7) is 7.84. The summed E-state index contributed by atoms with van der Waals surface area (Å²) in [6.07, 6.45) is 8.72. The Balaban J connectivity index is 1.79. The van der Waals surface area contributed by atoms with E-state index in [-0.39, 0.29) is 0 Å². The fourth-order valence-electron chi connectivity index (χ4n) is 2.99. The quantitative estimate of drug-likeness (QED) is 0.615. The summed E-state index contributed by atoms with van der Waals surface area (Å²) in [5.41, 5.74) is 1.05. The number of halogens is 1. The number of rotatable bonds is 7. The lowest BCUT2D eigenvalue weighted by Gasteiger charge is -2.33. The Bertz CT molecular complexity index is 438. The van der Waals surface area contributed by atoms with Crippen molar-refractivity contribution < 1.29 is 0 Å². The lowest BCUT2D eigenvalue weighted by Crippen LogP contribution is -2.38. The van der Waals surface area contributed by atoms with Gasteiger partial charge in [-0.15, -0.1) is 0 Å². The van der Waals surface area contributed by atoms with Gasteiger partial charge in [-0.1, -0.05) is 31.4 Å². The van der Waals surface area contributed by atoms with E-state index in [4.69, 9.17) is 11.6 Å². The van der Waals surface area contributed by atoms with E-state index in [1.807, 2.05) is 0 Å². The highest BCUT2D eigenvalue weighted by Crippen LogP contribution is 2.21. The Hall–Kier alpha value is -0.870. The predicted molar refractivity (Wildman–Crippen MR) is 89.0 cm³/mol. The van der Waals surface area contributed by atoms with Crippen molar-refractivity contribution in [1.29, 1.82) is 0 Å². The topological polar surface area (TPSA) is 41.1 Å². The van der Waals surface area contributed by atoms with Crippen molar-refractivity contribution in [2.75, 3.05) is 25.0 Å². The SMILES string of the molecule is CCCc1c(Cl)ncnc1NCCCN1CCCCC1C. The van der Waals surface area contributed by atoms with Crippen LogP contribution in [-0.2, 0) is 6.42 Å². The molecule has 1 unspecified atom stereocenters. The van der Waals surface area contributed by atoms with Crippen LogP contribution in [0.3, 0.4) is 0 Å². The molecule has 1 aliphatic heterocycles. The zero-order valence-electron chi connectivity index (χ0n) is 13.2. The first kappa shape index (κ1) is 16.5. The molecule has 0 aliphatic carbocycles. The summed E-state index contributed by atoms with van der Waals surface area (Å²) >= 11 is 6.16. The number of piperidine rings is 1. The largest absolute Gasteiger partial charge is 0.370 e. The molecule has 0 saturated carbocycles. The van der Waals surface area contributed by atoms with E-state index < -0.39 is 0 Å². The average Bonchev–Trinajstić information content (AvgIpc) is 2.48. The molecule has 1 fully saturated rings. The highest BCUT2D eigenvalue weighted by atomic mass is 35.5. The molecule has 2 heterocycles. The van der Waals surface area contributed by atoms with Gasteiger partial charge in [0.1, 0.15) is 17.3 Å². The maximum Gasteiger partial charge on any atom is 0.137 e. The number of hydrogen-bond acceptors (Lipinski definition) is 4. The van der Waals surface area contributed by atoms with Crippen LogP contribution < -0.4 is 5.32 Å². The minimum atomic E-state index is 0.582. The number of hydrogen-bond donors (Lipinski definition) is 1. The van der Waals surface area contributed by atoms with Crippen LogP contribution >= 0.6 is 11.6 Å². The molecule has 5 heteroatoms. The smallest absolute Gasteiger partial charge is 0.137 e. The molecular formula is C16H27ClN4. The number of nitrogens with one attached hydrogen (secondary N) is 1. The Morgan fingerprint density at radius 1 is 1.38 bits per heavy atom. The molecule has 21 heavy (non-hydrogen) atoms. The van der Waals surface area contributed by atoms with Gasteiger partial charge in [-0.25, -0.2) is 9.97 Å². The molecule has 4 nitrogen and oxygen atoms in total. The maximum atomic E-state index is 6.16. The van der Waals surface area contributed by atoms with Gasteiger partial charge >= 0.3 is 0 Å². The summed E-state index contributed by atoms with van der Waals surface area (Å²) < 4.78 is 0. The van der Waals surface area contributed by atoms with Crippen LogP contribution in [0.4, 0.5) is 5.82 Å². The van der Waals surface area contributed by atoms with Gasteiger partial charge in [0.15, 0.2) is 0 Å². The van der Waals surface area contributed by atoms with E-state index in [1.165, 1.54) is 32.1 Å². The normalized spacial score (nSPS) is 19.7. The Morgan fingerprint density at radius 2 is 2.24 bits per heavy atom. The molecule has 0 amide bonds. The van der Waals surface area contributed by atoms with Crippen LogP contribution in [0, 0.1) is 0 Å². The van der Waals surface area contributed by atoms with Crippen molar-refractivity contribution in [1.82, 2.24) is 14.9 Å². The van der Waals surface area contributed by atoms with Crippen molar-refractivity contribution in [3.8, 4) is 0 Å². The van der Waals surface area contributed by atoms with Crippen molar-refractivity contribution in [3.05, 3.63) is 17.0 Å². The first-order valence-corrected chi connectivity index (χ1v) is 8.57. The average molecular weight is 311 g/mol.